The average Bonchev–Trinajstić information content (AvgIpc) is 3.09. The van der Waals surface area contributed by atoms with Crippen molar-refractivity contribution in [2.45, 2.75) is 20.4 Å². The predicted molar refractivity (Wildman–Crippen MR) is 111 cm³/mol. The number of amides is 2. The smallest absolute Gasteiger partial charge is 0.342 e. The summed E-state index contributed by atoms with van der Waals surface area (Å²) in [6, 6.07) is 17.7. The summed E-state index contributed by atoms with van der Waals surface area (Å²) in [6.45, 7) is 3.25. The van der Waals surface area contributed by atoms with Gasteiger partial charge in [0, 0.05) is 6.54 Å². The molecule has 2 aromatic carbocycles. The number of esters is 1. The van der Waals surface area contributed by atoms with Gasteiger partial charge < -0.3 is 19.8 Å². The SMILES string of the molecule is Cc1cc(C(=O)OCC(=O)Nc2ccccc2C(=O)NCc2ccccc2)c(C)o1. The number of nitrogens with one attached hydrogen (secondary N) is 2. The standard InChI is InChI=1S/C23H22N2O5/c1-15-12-19(16(2)30-15)23(28)29-14-21(26)25-20-11-7-6-10-18(20)22(27)24-13-17-8-4-3-5-9-17/h3-12H,13-14H2,1-2H3,(H,24,27)(H,25,26). The minimum absolute atomic E-state index is 0.279. The summed E-state index contributed by atoms with van der Waals surface area (Å²) in [5, 5.41) is 5.44. The minimum atomic E-state index is -0.645. The van der Waals surface area contributed by atoms with Crippen LogP contribution in [-0.4, -0.2) is 24.4 Å². The van der Waals surface area contributed by atoms with Crippen molar-refractivity contribution in [2.24, 2.45) is 0 Å². The first-order valence-electron chi connectivity index (χ1n) is 9.39. The normalized spacial score (nSPS) is 10.3. The number of rotatable bonds is 7. The van der Waals surface area contributed by atoms with Crippen molar-refractivity contribution in [1.29, 1.82) is 0 Å². The molecule has 3 aromatic rings. The zero-order valence-electron chi connectivity index (χ0n) is 16.7. The topological polar surface area (TPSA) is 97.6 Å². The van der Waals surface area contributed by atoms with Gasteiger partial charge in [-0.25, -0.2) is 4.79 Å². The fraction of sp³-hybridized carbons (Fsp3) is 0.174. The van der Waals surface area contributed by atoms with Gasteiger partial charge in [0.1, 0.15) is 17.1 Å². The first-order chi connectivity index (χ1) is 14.4. The van der Waals surface area contributed by atoms with E-state index in [0.717, 1.165) is 5.56 Å². The number of para-hydroxylation sites is 1. The largest absolute Gasteiger partial charge is 0.466 e. The number of ether oxygens (including phenoxy) is 1. The molecule has 0 unspecified atom stereocenters. The lowest BCUT2D eigenvalue weighted by molar-refractivity contribution is -0.119. The van der Waals surface area contributed by atoms with Crippen molar-refractivity contribution in [3.63, 3.8) is 0 Å². The summed E-state index contributed by atoms with van der Waals surface area (Å²) < 4.78 is 10.3. The monoisotopic (exact) mass is 406 g/mol. The van der Waals surface area contributed by atoms with Crippen molar-refractivity contribution in [1.82, 2.24) is 5.32 Å². The van der Waals surface area contributed by atoms with Crippen LogP contribution in [0.25, 0.3) is 0 Å². The molecule has 1 aromatic heterocycles. The van der Waals surface area contributed by atoms with E-state index in [1.165, 1.54) is 0 Å². The highest BCUT2D eigenvalue weighted by atomic mass is 16.5. The zero-order chi connectivity index (χ0) is 21.5. The number of aryl methyl sites for hydroxylation is 2. The highest BCUT2D eigenvalue weighted by Crippen LogP contribution is 2.16. The first-order valence-corrected chi connectivity index (χ1v) is 9.39. The van der Waals surface area contributed by atoms with E-state index in [1.54, 1.807) is 44.2 Å². The third-order valence-corrected chi connectivity index (χ3v) is 4.34. The van der Waals surface area contributed by atoms with Gasteiger partial charge in [0.05, 0.1) is 11.3 Å². The summed E-state index contributed by atoms with van der Waals surface area (Å²) in [6.07, 6.45) is 0. The Hall–Kier alpha value is -3.87. The Kier molecular flexibility index (Phi) is 6.64. The van der Waals surface area contributed by atoms with Gasteiger partial charge in [-0.3, -0.25) is 9.59 Å². The van der Waals surface area contributed by atoms with Crippen molar-refractivity contribution in [2.75, 3.05) is 11.9 Å². The molecule has 3 rings (SSSR count). The highest BCUT2D eigenvalue weighted by molar-refractivity contribution is 6.04. The van der Waals surface area contributed by atoms with Crippen LogP contribution in [0.1, 0.15) is 37.8 Å². The van der Waals surface area contributed by atoms with Gasteiger partial charge in [0.2, 0.25) is 0 Å². The van der Waals surface area contributed by atoms with E-state index in [4.69, 9.17) is 9.15 Å². The molecule has 1 heterocycles. The molecule has 2 amide bonds. The molecule has 0 radical (unpaired) electrons. The van der Waals surface area contributed by atoms with E-state index < -0.39 is 18.5 Å². The predicted octanol–water partition coefficient (Wildman–Crippen LogP) is 3.62. The fourth-order valence-electron chi connectivity index (χ4n) is 2.89. The lowest BCUT2D eigenvalue weighted by atomic mass is 10.1. The van der Waals surface area contributed by atoms with Gasteiger partial charge in [-0.2, -0.15) is 0 Å². The molecule has 30 heavy (non-hydrogen) atoms. The van der Waals surface area contributed by atoms with Crippen molar-refractivity contribution >= 4 is 23.5 Å². The van der Waals surface area contributed by atoms with Crippen LogP contribution in [0.15, 0.2) is 65.1 Å². The van der Waals surface area contributed by atoms with E-state index in [-0.39, 0.29) is 11.5 Å². The number of carbonyl (C=O) groups is 3. The summed E-state index contributed by atoms with van der Waals surface area (Å²) in [7, 11) is 0. The van der Waals surface area contributed by atoms with Gasteiger partial charge >= 0.3 is 5.97 Å². The molecule has 154 valence electrons. The number of benzene rings is 2. The maximum absolute atomic E-state index is 12.6. The molecule has 0 atom stereocenters. The Morgan fingerprint density at radius 1 is 0.933 bits per heavy atom. The van der Waals surface area contributed by atoms with Crippen molar-refractivity contribution in [3.05, 3.63) is 88.9 Å². The summed E-state index contributed by atoms with van der Waals surface area (Å²) in [4.78, 5) is 36.9. The van der Waals surface area contributed by atoms with Crippen LogP contribution in [-0.2, 0) is 16.1 Å². The Labute approximate surface area is 174 Å². The third kappa shape index (κ3) is 5.35. The van der Waals surface area contributed by atoms with Gasteiger partial charge in [-0.15, -0.1) is 0 Å². The van der Waals surface area contributed by atoms with Crippen LogP contribution in [0.5, 0.6) is 0 Å². The highest BCUT2D eigenvalue weighted by Gasteiger charge is 2.18. The van der Waals surface area contributed by atoms with Crippen molar-refractivity contribution in [3.8, 4) is 0 Å². The second-order valence-electron chi connectivity index (χ2n) is 6.67. The van der Waals surface area contributed by atoms with E-state index in [2.05, 4.69) is 10.6 Å². The number of anilines is 1. The van der Waals surface area contributed by atoms with Gasteiger partial charge in [0.15, 0.2) is 6.61 Å². The van der Waals surface area contributed by atoms with E-state index in [0.29, 0.717) is 29.3 Å². The molecule has 0 aliphatic rings. The zero-order valence-corrected chi connectivity index (χ0v) is 16.7. The van der Waals surface area contributed by atoms with Gasteiger partial charge in [-0.05, 0) is 37.6 Å². The van der Waals surface area contributed by atoms with Crippen LogP contribution in [0.3, 0.4) is 0 Å². The summed E-state index contributed by atoms with van der Waals surface area (Å²) >= 11 is 0. The average molecular weight is 406 g/mol. The second-order valence-corrected chi connectivity index (χ2v) is 6.67. The van der Waals surface area contributed by atoms with E-state index in [1.807, 2.05) is 30.3 Å². The molecule has 0 saturated carbocycles. The van der Waals surface area contributed by atoms with Gasteiger partial charge in [-0.1, -0.05) is 42.5 Å². The third-order valence-electron chi connectivity index (χ3n) is 4.34. The first kappa shape index (κ1) is 20.9. The van der Waals surface area contributed by atoms with E-state index >= 15 is 0 Å². The maximum Gasteiger partial charge on any atom is 0.342 e. The lowest BCUT2D eigenvalue weighted by Gasteiger charge is -2.12. The summed E-state index contributed by atoms with van der Waals surface area (Å²) in [5.74, 6) is -0.508. The molecular formula is C23H22N2O5. The Morgan fingerprint density at radius 3 is 2.33 bits per heavy atom. The number of hydrogen-bond acceptors (Lipinski definition) is 5. The summed E-state index contributed by atoms with van der Waals surface area (Å²) in [5.41, 5.74) is 1.89. The van der Waals surface area contributed by atoms with Crippen LogP contribution >= 0.6 is 0 Å². The van der Waals surface area contributed by atoms with Gasteiger partial charge in [0.25, 0.3) is 11.8 Å². The second kappa shape index (κ2) is 9.56. The fourth-order valence-corrected chi connectivity index (χ4v) is 2.89. The Bertz CT molecular complexity index is 1060. The lowest BCUT2D eigenvalue weighted by Crippen LogP contribution is -2.26. The molecular weight excluding hydrogens is 384 g/mol. The molecule has 0 fully saturated rings. The molecule has 0 bridgehead atoms. The number of hydrogen-bond donors (Lipinski definition) is 2. The van der Waals surface area contributed by atoms with Crippen molar-refractivity contribution < 1.29 is 23.5 Å². The number of furan rings is 1. The quantitative estimate of drug-likeness (QED) is 0.584. The van der Waals surface area contributed by atoms with Crippen LogP contribution in [0.4, 0.5) is 5.69 Å². The number of carbonyl (C=O) groups excluding carboxylic acids is 3. The van der Waals surface area contributed by atoms with Crippen LogP contribution in [0, 0.1) is 13.8 Å². The molecule has 2 N–H and O–H groups in total. The van der Waals surface area contributed by atoms with Crippen LogP contribution in [0.2, 0.25) is 0 Å². The Balaban J connectivity index is 1.58. The molecule has 0 spiro atoms. The molecule has 7 heteroatoms. The van der Waals surface area contributed by atoms with Crippen LogP contribution < -0.4 is 10.6 Å². The minimum Gasteiger partial charge on any atom is -0.466 e. The molecule has 0 aliphatic heterocycles. The Morgan fingerprint density at radius 2 is 1.63 bits per heavy atom. The van der Waals surface area contributed by atoms with E-state index in [9.17, 15) is 14.4 Å². The molecule has 7 nitrogen and oxygen atoms in total. The molecule has 0 aliphatic carbocycles. The molecule has 0 saturated heterocycles. The maximum atomic E-state index is 12.6.